The summed E-state index contributed by atoms with van der Waals surface area (Å²) in [6.07, 6.45) is 3.32. The molecule has 0 saturated heterocycles. The van der Waals surface area contributed by atoms with Crippen molar-refractivity contribution in [2.75, 3.05) is 5.75 Å². The summed E-state index contributed by atoms with van der Waals surface area (Å²) < 4.78 is 5.53. The van der Waals surface area contributed by atoms with Gasteiger partial charge in [-0.05, 0) is 24.6 Å². The van der Waals surface area contributed by atoms with Crippen LogP contribution >= 0.6 is 11.8 Å². The van der Waals surface area contributed by atoms with E-state index in [4.69, 9.17) is 4.42 Å². The molecule has 0 aliphatic rings. The molecule has 1 aromatic carbocycles. The van der Waals surface area contributed by atoms with Crippen molar-refractivity contribution in [3.63, 3.8) is 0 Å². The summed E-state index contributed by atoms with van der Waals surface area (Å²) in [5.74, 6) is 0.563. The van der Waals surface area contributed by atoms with Crippen LogP contribution in [-0.4, -0.2) is 26.8 Å². The smallest absolute Gasteiger partial charge is 0.277 e. The second-order valence-electron chi connectivity index (χ2n) is 5.16. The number of pyridine rings is 1. The first-order valence-electron chi connectivity index (χ1n) is 7.39. The monoisotopic (exact) mass is 340 g/mol. The maximum Gasteiger partial charge on any atom is 0.277 e. The number of benzene rings is 1. The molecule has 6 nitrogen and oxygen atoms in total. The van der Waals surface area contributed by atoms with Crippen molar-refractivity contribution in [3.05, 3.63) is 59.9 Å². The molecule has 0 bridgehead atoms. The number of rotatable bonds is 6. The van der Waals surface area contributed by atoms with E-state index in [0.717, 1.165) is 11.1 Å². The van der Waals surface area contributed by atoms with Gasteiger partial charge in [-0.2, -0.15) is 0 Å². The standard InChI is InChI=1S/C17H16N4O2S/c1-12-2-4-13(5-3-12)10-19-15(22)11-24-17-21-20-16(23-17)14-6-8-18-9-7-14/h2-9H,10-11H2,1H3,(H,19,22). The predicted octanol–water partition coefficient (Wildman–Crippen LogP) is 2.85. The lowest BCUT2D eigenvalue weighted by Gasteiger charge is -2.04. The normalized spacial score (nSPS) is 10.5. The van der Waals surface area contributed by atoms with Gasteiger partial charge in [-0.25, -0.2) is 0 Å². The Hall–Kier alpha value is -2.67. The zero-order chi connectivity index (χ0) is 16.8. The van der Waals surface area contributed by atoms with Gasteiger partial charge in [0, 0.05) is 24.5 Å². The van der Waals surface area contributed by atoms with Crippen LogP contribution in [0.5, 0.6) is 0 Å². The molecule has 0 spiro atoms. The molecule has 0 aliphatic carbocycles. The van der Waals surface area contributed by atoms with E-state index in [1.54, 1.807) is 24.5 Å². The van der Waals surface area contributed by atoms with E-state index in [9.17, 15) is 4.79 Å². The van der Waals surface area contributed by atoms with E-state index < -0.39 is 0 Å². The minimum Gasteiger partial charge on any atom is -0.411 e. The van der Waals surface area contributed by atoms with Gasteiger partial charge in [0.2, 0.25) is 11.8 Å². The molecule has 7 heteroatoms. The Balaban J connectivity index is 1.48. The van der Waals surface area contributed by atoms with Gasteiger partial charge in [-0.1, -0.05) is 41.6 Å². The molecule has 0 radical (unpaired) electrons. The molecule has 122 valence electrons. The van der Waals surface area contributed by atoms with E-state index in [1.165, 1.54) is 17.3 Å². The van der Waals surface area contributed by atoms with Gasteiger partial charge < -0.3 is 9.73 Å². The number of aryl methyl sites for hydroxylation is 1. The molecule has 1 N–H and O–H groups in total. The third-order valence-electron chi connectivity index (χ3n) is 3.27. The van der Waals surface area contributed by atoms with Gasteiger partial charge in [0.1, 0.15) is 0 Å². The minimum atomic E-state index is -0.0794. The number of amides is 1. The van der Waals surface area contributed by atoms with E-state index in [0.29, 0.717) is 17.7 Å². The lowest BCUT2D eigenvalue weighted by atomic mass is 10.1. The Morgan fingerprint density at radius 1 is 1.12 bits per heavy atom. The molecule has 0 saturated carbocycles. The summed E-state index contributed by atoms with van der Waals surface area (Å²) in [4.78, 5) is 15.8. The molecule has 3 rings (SSSR count). The summed E-state index contributed by atoms with van der Waals surface area (Å²) in [7, 11) is 0. The average Bonchev–Trinajstić information content (AvgIpc) is 3.09. The van der Waals surface area contributed by atoms with Crippen LogP contribution in [-0.2, 0) is 11.3 Å². The number of hydrogen-bond donors (Lipinski definition) is 1. The van der Waals surface area contributed by atoms with Crippen LogP contribution in [0, 0.1) is 6.92 Å². The first-order valence-corrected chi connectivity index (χ1v) is 8.38. The Morgan fingerprint density at radius 3 is 2.62 bits per heavy atom. The fourth-order valence-corrected chi connectivity index (χ4v) is 2.56. The molecule has 2 aromatic heterocycles. The second kappa shape index (κ2) is 7.74. The molecule has 0 unspecified atom stereocenters. The van der Waals surface area contributed by atoms with Crippen molar-refractivity contribution in [3.8, 4) is 11.5 Å². The van der Waals surface area contributed by atoms with Gasteiger partial charge in [0.25, 0.3) is 5.22 Å². The Labute approximate surface area is 143 Å². The summed E-state index contributed by atoms with van der Waals surface area (Å²) in [6.45, 7) is 2.54. The molecule has 1 amide bonds. The molecule has 0 atom stereocenters. The molecule has 2 heterocycles. The van der Waals surface area contributed by atoms with E-state index in [-0.39, 0.29) is 11.7 Å². The highest BCUT2D eigenvalue weighted by atomic mass is 32.2. The van der Waals surface area contributed by atoms with Crippen LogP contribution in [0.1, 0.15) is 11.1 Å². The van der Waals surface area contributed by atoms with Crippen molar-refractivity contribution in [1.82, 2.24) is 20.5 Å². The first kappa shape index (κ1) is 16.2. The van der Waals surface area contributed by atoms with Crippen molar-refractivity contribution in [2.45, 2.75) is 18.7 Å². The number of carbonyl (C=O) groups is 1. The largest absolute Gasteiger partial charge is 0.411 e. The molecule has 3 aromatic rings. The second-order valence-corrected chi connectivity index (χ2v) is 6.09. The highest BCUT2D eigenvalue weighted by Crippen LogP contribution is 2.22. The molecule has 0 fully saturated rings. The molecular formula is C17H16N4O2S. The van der Waals surface area contributed by atoms with Crippen LogP contribution in [0.3, 0.4) is 0 Å². The van der Waals surface area contributed by atoms with Crippen molar-refractivity contribution in [2.24, 2.45) is 0 Å². The summed E-state index contributed by atoms with van der Waals surface area (Å²) in [6, 6.07) is 11.6. The number of aromatic nitrogens is 3. The highest BCUT2D eigenvalue weighted by Gasteiger charge is 2.11. The number of nitrogens with zero attached hydrogens (tertiary/aromatic N) is 3. The summed E-state index contributed by atoms with van der Waals surface area (Å²) in [5, 5.41) is 11.1. The third-order valence-corrected chi connectivity index (χ3v) is 4.09. The SMILES string of the molecule is Cc1ccc(CNC(=O)CSc2nnc(-c3ccncc3)o2)cc1. The lowest BCUT2D eigenvalue weighted by Crippen LogP contribution is -2.24. The van der Waals surface area contributed by atoms with Crippen LogP contribution in [0.15, 0.2) is 58.4 Å². The Kier molecular flexibility index (Phi) is 5.22. The number of hydrogen-bond acceptors (Lipinski definition) is 6. The number of carbonyl (C=O) groups excluding carboxylic acids is 1. The topological polar surface area (TPSA) is 80.9 Å². The first-order chi connectivity index (χ1) is 11.7. The summed E-state index contributed by atoms with van der Waals surface area (Å²) >= 11 is 1.21. The van der Waals surface area contributed by atoms with E-state index >= 15 is 0 Å². The number of thioether (sulfide) groups is 1. The Bertz CT molecular complexity index is 803. The van der Waals surface area contributed by atoms with Gasteiger partial charge in [0.15, 0.2) is 0 Å². The van der Waals surface area contributed by atoms with Crippen molar-refractivity contribution in [1.29, 1.82) is 0 Å². The van der Waals surface area contributed by atoms with Gasteiger partial charge in [-0.3, -0.25) is 9.78 Å². The number of nitrogens with one attached hydrogen (secondary N) is 1. The van der Waals surface area contributed by atoms with Crippen LogP contribution in [0.2, 0.25) is 0 Å². The van der Waals surface area contributed by atoms with Crippen LogP contribution in [0.4, 0.5) is 0 Å². The van der Waals surface area contributed by atoms with Crippen LogP contribution < -0.4 is 5.32 Å². The Morgan fingerprint density at radius 2 is 1.88 bits per heavy atom. The maximum absolute atomic E-state index is 11.9. The molecule has 24 heavy (non-hydrogen) atoms. The summed E-state index contributed by atoms with van der Waals surface area (Å²) in [5.41, 5.74) is 3.06. The van der Waals surface area contributed by atoms with Gasteiger partial charge in [-0.15, -0.1) is 10.2 Å². The van der Waals surface area contributed by atoms with Crippen molar-refractivity contribution >= 4 is 17.7 Å². The fourth-order valence-electron chi connectivity index (χ4n) is 1.96. The lowest BCUT2D eigenvalue weighted by molar-refractivity contribution is -0.118. The average molecular weight is 340 g/mol. The highest BCUT2D eigenvalue weighted by molar-refractivity contribution is 7.99. The fraction of sp³-hybridized carbons (Fsp3) is 0.176. The maximum atomic E-state index is 11.9. The van der Waals surface area contributed by atoms with Crippen LogP contribution in [0.25, 0.3) is 11.5 Å². The molecular weight excluding hydrogens is 324 g/mol. The van der Waals surface area contributed by atoms with E-state index in [2.05, 4.69) is 20.5 Å². The van der Waals surface area contributed by atoms with Crippen molar-refractivity contribution < 1.29 is 9.21 Å². The minimum absolute atomic E-state index is 0.0794. The predicted molar refractivity (Wildman–Crippen MR) is 91.3 cm³/mol. The quantitative estimate of drug-likeness (QED) is 0.695. The molecule has 0 aliphatic heterocycles. The van der Waals surface area contributed by atoms with Gasteiger partial charge in [0.05, 0.1) is 5.75 Å². The van der Waals surface area contributed by atoms with Gasteiger partial charge >= 0.3 is 0 Å². The van der Waals surface area contributed by atoms with E-state index in [1.807, 2.05) is 31.2 Å². The zero-order valence-corrected chi connectivity index (χ0v) is 13.9. The third kappa shape index (κ3) is 4.42. The zero-order valence-electron chi connectivity index (χ0n) is 13.1.